The summed E-state index contributed by atoms with van der Waals surface area (Å²) in [7, 11) is 1.73. The molecule has 0 aromatic heterocycles. The second kappa shape index (κ2) is 13.0. The molecule has 0 aliphatic rings. The van der Waals surface area contributed by atoms with Gasteiger partial charge in [-0.05, 0) is 37.6 Å². The number of nitrogens with zero attached hydrogens (tertiary/aromatic N) is 1. The lowest BCUT2D eigenvalue weighted by Gasteiger charge is -2.14. The Labute approximate surface area is 183 Å². The van der Waals surface area contributed by atoms with Crippen LogP contribution in [0.5, 0.6) is 5.75 Å². The number of carbonyl (C=O) groups excluding carboxylic acids is 1. The van der Waals surface area contributed by atoms with Crippen LogP contribution in [0.1, 0.15) is 35.3 Å². The van der Waals surface area contributed by atoms with Crippen molar-refractivity contribution in [3.05, 3.63) is 65.2 Å². The fraction of sp³-hybridized carbons (Fsp3) is 0.333. The lowest BCUT2D eigenvalue weighted by molar-refractivity contribution is 0.0526. The molecule has 0 aliphatic heterocycles. The smallest absolute Gasteiger partial charge is 0.338 e. The van der Waals surface area contributed by atoms with E-state index in [0.717, 1.165) is 16.9 Å². The molecule has 0 unspecified atom stereocenters. The van der Waals surface area contributed by atoms with E-state index in [-0.39, 0.29) is 29.9 Å². The van der Waals surface area contributed by atoms with Gasteiger partial charge in [-0.2, -0.15) is 0 Å². The fourth-order valence-electron chi connectivity index (χ4n) is 2.50. The second-order valence-corrected chi connectivity index (χ2v) is 5.74. The van der Waals surface area contributed by atoms with Crippen molar-refractivity contribution in [1.29, 1.82) is 0 Å². The number of hydrogen-bond donors (Lipinski definition) is 2. The fourth-order valence-corrected chi connectivity index (χ4v) is 2.50. The predicted molar refractivity (Wildman–Crippen MR) is 122 cm³/mol. The summed E-state index contributed by atoms with van der Waals surface area (Å²) in [6, 6.07) is 15.3. The maximum Gasteiger partial charge on any atom is 0.338 e. The highest BCUT2D eigenvalue weighted by molar-refractivity contribution is 14.0. The molecule has 2 aromatic rings. The lowest BCUT2D eigenvalue weighted by atomic mass is 10.1. The van der Waals surface area contributed by atoms with Gasteiger partial charge in [0.1, 0.15) is 5.75 Å². The number of nitrogens with one attached hydrogen (secondary N) is 2. The zero-order valence-electron chi connectivity index (χ0n) is 16.5. The van der Waals surface area contributed by atoms with E-state index in [1.807, 2.05) is 43.3 Å². The molecule has 0 fully saturated rings. The Kier molecular flexibility index (Phi) is 11.0. The molecular formula is C21H28IN3O3. The number of ether oxygens (including phenoxy) is 2. The van der Waals surface area contributed by atoms with Crippen LogP contribution in [0.2, 0.25) is 0 Å². The second-order valence-electron chi connectivity index (χ2n) is 5.74. The Bertz CT molecular complexity index is 764. The molecule has 0 bridgehead atoms. The van der Waals surface area contributed by atoms with Crippen molar-refractivity contribution in [2.45, 2.75) is 26.9 Å². The maximum atomic E-state index is 11.7. The Morgan fingerprint density at radius 1 is 0.964 bits per heavy atom. The van der Waals surface area contributed by atoms with Crippen LogP contribution in [0.15, 0.2) is 53.5 Å². The monoisotopic (exact) mass is 497 g/mol. The van der Waals surface area contributed by atoms with E-state index in [9.17, 15) is 4.79 Å². The predicted octanol–water partition coefficient (Wildman–Crippen LogP) is 3.75. The normalized spacial score (nSPS) is 10.6. The Balaban J connectivity index is 0.00000392. The number of halogens is 1. The number of aliphatic imine (C=N–C) groups is 1. The first kappa shape index (κ1) is 23.7. The molecule has 6 nitrogen and oxygen atoms in total. The average Bonchev–Trinajstić information content (AvgIpc) is 2.70. The van der Waals surface area contributed by atoms with Gasteiger partial charge >= 0.3 is 5.97 Å². The summed E-state index contributed by atoms with van der Waals surface area (Å²) in [6.07, 6.45) is 0. The van der Waals surface area contributed by atoms with E-state index in [4.69, 9.17) is 9.47 Å². The van der Waals surface area contributed by atoms with Gasteiger partial charge in [0.15, 0.2) is 5.96 Å². The quantitative estimate of drug-likeness (QED) is 0.252. The minimum Gasteiger partial charge on any atom is -0.494 e. The van der Waals surface area contributed by atoms with Crippen LogP contribution in [-0.4, -0.2) is 32.2 Å². The third-order valence-corrected chi connectivity index (χ3v) is 3.87. The van der Waals surface area contributed by atoms with Crippen LogP contribution in [0.3, 0.4) is 0 Å². The van der Waals surface area contributed by atoms with E-state index in [2.05, 4.69) is 15.6 Å². The largest absolute Gasteiger partial charge is 0.494 e. The molecule has 0 atom stereocenters. The van der Waals surface area contributed by atoms with Crippen LogP contribution in [0, 0.1) is 0 Å². The Hall–Kier alpha value is -2.29. The molecule has 7 heteroatoms. The summed E-state index contributed by atoms with van der Waals surface area (Å²) in [4.78, 5) is 15.9. The van der Waals surface area contributed by atoms with Crippen molar-refractivity contribution in [3.63, 3.8) is 0 Å². The molecule has 2 N–H and O–H groups in total. The lowest BCUT2D eigenvalue weighted by Crippen LogP contribution is -2.36. The molecule has 0 radical (unpaired) electrons. The van der Waals surface area contributed by atoms with E-state index >= 15 is 0 Å². The zero-order valence-corrected chi connectivity index (χ0v) is 18.9. The summed E-state index contributed by atoms with van der Waals surface area (Å²) in [5.74, 6) is 1.26. The topological polar surface area (TPSA) is 72.0 Å². The van der Waals surface area contributed by atoms with E-state index in [1.165, 1.54) is 0 Å². The van der Waals surface area contributed by atoms with Crippen molar-refractivity contribution in [3.8, 4) is 5.75 Å². The summed E-state index contributed by atoms with van der Waals surface area (Å²) in [5.41, 5.74) is 2.66. The Morgan fingerprint density at radius 3 is 2.29 bits per heavy atom. The van der Waals surface area contributed by atoms with Crippen molar-refractivity contribution in [1.82, 2.24) is 10.6 Å². The zero-order chi connectivity index (χ0) is 19.5. The van der Waals surface area contributed by atoms with Crippen LogP contribution < -0.4 is 15.4 Å². The van der Waals surface area contributed by atoms with Gasteiger partial charge in [0.25, 0.3) is 0 Å². The van der Waals surface area contributed by atoms with Gasteiger partial charge in [-0.25, -0.2) is 4.79 Å². The van der Waals surface area contributed by atoms with Gasteiger partial charge in [-0.1, -0.05) is 30.3 Å². The number of carbonyl (C=O) groups is 1. The van der Waals surface area contributed by atoms with Crippen LogP contribution in [0.4, 0.5) is 0 Å². The summed E-state index contributed by atoms with van der Waals surface area (Å²) in [6.45, 7) is 5.97. The minimum atomic E-state index is -0.303. The van der Waals surface area contributed by atoms with Crippen molar-refractivity contribution >= 4 is 35.9 Å². The van der Waals surface area contributed by atoms with Gasteiger partial charge in [-0.15, -0.1) is 24.0 Å². The van der Waals surface area contributed by atoms with Crippen molar-refractivity contribution in [2.24, 2.45) is 4.99 Å². The molecule has 0 saturated heterocycles. The highest BCUT2D eigenvalue weighted by Crippen LogP contribution is 2.17. The van der Waals surface area contributed by atoms with Crippen LogP contribution in [0.25, 0.3) is 0 Å². The molecule has 0 spiro atoms. The summed E-state index contributed by atoms with van der Waals surface area (Å²) in [5, 5.41) is 6.55. The number of benzene rings is 2. The number of rotatable bonds is 8. The first-order valence-corrected chi connectivity index (χ1v) is 9.09. The molecule has 0 aliphatic carbocycles. The molecule has 28 heavy (non-hydrogen) atoms. The Morgan fingerprint density at radius 2 is 1.64 bits per heavy atom. The molecule has 2 rings (SSSR count). The van der Waals surface area contributed by atoms with Crippen molar-refractivity contribution in [2.75, 3.05) is 20.3 Å². The van der Waals surface area contributed by atoms with Gasteiger partial charge in [0, 0.05) is 25.7 Å². The molecule has 0 heterocycles. The van der Waals surface area contributed by atoms with Crippen LogP contribution in [-0.2, 0) is 17.8 Å². The molecule has 152 valence electrons. The third kappa shape index (κ3) is 7.38. The number of para-hydroxylation sites is 1. The summed E-state index contributed by atoms with van der Waals surface area (Å²) >= 11 is 0. The average molecular weight is 497 g/mol. The first-order valence-electron chi connectivity index (χ1n) is 9.09. The van der Waals surface area contributed by atoms with Gasteiger partial charge in [-0.3, -0.25) is 4.99 Å². The van der Waals surface area contributed by atoms with E-state index < -0.39 is 0 Å². The first-order chi connectivity index (χ1) is 13.2. The SMILES string of the molecule is CCOC(=O)c1ccc(CNC(=NC)NCc2ccccc2OCC)cc1.I. The van der Waals surface area contributed by atoms with Gasteiger partial charge in [0.05, 0.1) is 18.8 Å². The highest BCUT2D eigenvalue weighted by atomic mass is 127. The molecule has 2 aromatic carbocycles. The van der Waals surface area contributed by atoms with E-state index in [0.29, 0.717) is 37.8 Å². The standard InChI is InChI=1S/C21H27N3O3.HI/c1-4-26-19-9-7-6-8-18(19)15-24-21(22-3)23-14-16-10-12-17(13-11-16)20(25)27-5-2;/h6-13H,4-5,14-15H2,1-3H3,(H2,22,23,24);1H. The van der Waals surface area contributed by atoms with E-state index in [1.54, 1.807) is 26.1 Å². The minimum absolute atomic E-state index is 0. The van der Waals surface area contributed by atoms with Gasteiger partial charge < -0.3 is 20.1 Å². The summed E-state index contributed by atoms with van der Waals surface area (Å²) < 4.78 is 10.6. The molecule has 0 saturated carbocycles. The molecular weight excluding hydrogens is 469 g/mol. The highest BCUT2D eigenvalue weighted by Gasteiger charge is 2.07. The van der Waals surface area contributed by atoms with Crippen LogP contribution >= 0.6 is 24.0 Å². The van der Waals surface area contributed by atoms with Crippen molar-refractivity contribution < 1.29 is 14.3 Å². The number of esters is 1. The third-order valence-electron chi connectivity index (χ3n) is 3.87. The molecule has 0 amide bonds. The number of hydrogen-bond acceptors (Lipinski definition) is 4. The number of guanidine groups is 1. The maximum absolute atomic E-state index is 11.7. The van der Waals surface area contributed by atoms with Gasteiger partial charge in [0.2, 0.25) is 0 Å².